The van der Waals surface area contributed by atoms with E-state index in [1.807, 2.05) is 0 Å². The maximum absolute atomic E-state index is 10.9. The van der Waals surface area contributed by atoms with Crippen molar-refractivity contribution in [2.24, 2.45) is 11.8 Å². The van der Waals surface area contributed by atoms with Gasteiger partial charge in [0.15, 0.2) is 0 Å². The summed E-state index contributed by atoms with van der Waals surface area (Å²) >= 11 is 0. The van der Waals surface area contributed by atoms with Crippen molar-refractivity contribution in [3.8, 4) is 0 Å². The molecular weight excluding hydrogens is 148 g/mol. The van der Waals surface area contributed by atoms with Crippen LogP contribution in [-0.4, -0.2) is 23.1 Å². The second-order valence-corrected chi connectivity index (χ2v) is 3.08. The Morgan fingerprint density at radius 1 is 1.55 bits per heavy atom. The van der Waals surface area contributed by atoms with Crippen LogP contribution in [0.25, 0.3) is 0 Å². The van der Waals surface area contributed by atoms with Gasteiger partial charge in [0.05, 0.1) is 11.8 Å². The minimum Gasteiger partial charge on any atom is -0.481 e. The number of aliphatic carboxylic acids is 1. The number of hydrogen-bond donors (Lipinski definition) is 1. The summed E-state index contributed by atoms with van der Waals surface area (Å²) in [5, 5.41) is 8.65. The van der Waals surface area contributed by atoms with E-state index in [9.17, 15) is 9.59 Å². The Kier molecular flexibility index (Phi) is 1.19. The predicted molar refractivity (Wildman–Crippen MR) is 33.7 cm³/mol. The summed E-state index contributed by atoms with van der Waals surface area (Å²) in [6, 6.07) is 0. The first-order valence-corrected chi connectivity index (χ1v) is 3.62. The van der Waals surface area contributed by atoms with E-state index in [2.05, 4.69) is 0 Å². The molecule has 0 aromatic rings. The monoisotopic (exact) mass is 156 g/mol. The highest BCUT2D eigenvalue weighted by molar-refractivity contribution is 5.84. The minimum atomic E-state index is -0.867. The van der Waals surface area contributed by atoms with Gasteiger partial charge < -0.3 is 9.84 Å². The molecule has 1 unspecified atom stereocenters. The van der Waals surface area contributed by atoms with Gasteiger partial charge in [-0.3, -0.25) is 9.59 Å². The summed E-state index contributed by atoms with van der Waals surface area (Å²) in [6.07, 6.45) is 0.996. The van der Waals surface area contributed by atoms with E-state index in [1.165, 1.54) is 0 Å². The van der Waals surface area contributed by atoms with Crippen molar-refractivity contribution in [3.63, 3.8) is 0 Å². The lowest BCUT2D eigenvalue weighted by Gasteiger charge is -2.16. The van der Waals surface area contributed by atoms with E-state index in [0.717, 1.165) is 0 Å². The molecule has 4 nitrogen and oxygen atoms in total. The van der Waals surface area contributed by atoms with Crippen molar-refractivity contribution in [2.45, 2.75) is 18.9 Å². The Morgan fingerprint density at radius 3 is 2.64 bits per heavy atom. The third kappa shape index (κ3) is 0.818. The molecule has 1 saturated carbocycles. The number of carboxylic acid groups (broad SMARTS) is 1. The Bertz CT molecular complexity index is 222. The first-order chi connectivity index (χ1) is 5.18. The average Bonchev–Trinajstić information content (AvgIpc) is 2.43. The molecule has 0 amide bonds. The molecule has 0 aromatic carbocycles. The summed E-state index contributed by atoms with van der Waals surface area (Å²) in [5.74, 6) is -2.04. The maximum atomic E-state index is 10.9. The van der Waals surface area contributed by atoms with Crippen LogP contribution in [0, 0.1) is 11.8 Å². The van der Waals surface area contributed by atoms with E-state index in [-0.39, 0.29) is 18.0 Å². The lowest BCUT2D eigenvalue weighted by Crippen LogP contribution is -2.28. The smallest absolute Gasteiger partial charge is 0.310 e. The van der Waals surface area contributed by atoms with Gasteiger partial charge in [-0.25, -0.2) is 0 Å². The highest BCUT2D eigenvalue weighted by Crippen LogP contribution is 2.40. The summed E-state index contributed by atoms with van der Waals surface area (Å²) in [6.45, 7) is 0. The molecule has 60 valence electrons. The molecule has 2 fully saturated rings. The molecule has 0 spiro atoms. The molecule has 11 heavy (non-hydrogen) atoms. The van der Waals surface area contributed by atoms with Crippen molar-refractivity contribution >= 4 is 11.9 Å². The zero-order valence-corrected chi connectivity index (χ0v) is 5.82. The Hall–Kier alpha value is -1.06. The van der Waals surface area contributed by atoms with Crippen LogP contribution in [-0.2, 0) is 14.3 Å². The van der Waals surface area contributed by atoms with E-state index in [1.54, 1.807) is 0 Å². The SMILES string of the molecule is O=C1O[C@H]2CC1[C@H](C(=O)O)C2. The van der Waals surface area contributed by atoms with Gasteiger partial charge in [-0.1, -0.05) is 0 Å². The lowest BCUT2D eigenvalue weighted by molar-refractivity contribution is -0.158. The van der Waals surface area contributed by atoms with Crippen LogP contribution in [0.15, 0.2) is 0 Å². The maximum Gasteiger partial charge on any atom is 0.310 e. The average molecular weight is 156 g/mol. The number of fused-ring (bicyclic) bond motifs is 2. The highest BCUT2D eigenvalue weighted by atomic mass is 16.6. The van der Waals surface area contributed by atoms with Crippen LogP contribution >= 0.6 is 0 Å². The topological polar surface area (TPSA) is 63.6 Å². The van der Waals surface area contributed by atoms with E-state index in [0.29, 0.717) is 12.8 Å². The first kappa shape index (κ1) is 6.64. The van der Waals surface area contributed by atoms with Crippen molar-refractivity contribution in [3.05, 3.63) is 0 Å². The number of ether oxygens (including phenoxy) is 1. The summed E-state index contributed by atoms with van der Waals surface area (Å²) in [7, 11) is 0. The zero-order chi connectivity index (χ0) is 8.01. The Labute approximate surface area is 63.1 Å². The third-order valence-corrected chi connectivity index (χ3v) is 2.42. The summed E-state index contributed by atoms with van der Waals surface area (Å²) < 4.78 is 4.84. The quantitative estimate of drug-likeness (QED) is 0.544. The highest BCUT2D eigenvalue weighted by Gasteiger charge is 2.50. The lowest BCUT2D eigenvalue weighted by atomic mass is 9.96. The van der Waals surface area contributed by atoms with E-state index < -0.39 is 11.9 Å². The molecular formula is C7H8O4. The van der Waals surface area contributed by atoms with Crippen LogP contribution in [0.5, 0.6) is 0 Å². The molecule has 1 saturated heterocycles. The van der Waals surface area contributed by atoms with Crippen molar-refractivity contribution in [1.82, 2.24) is 0 Å². The van der Waals surface area contributed by atoms with Gasteiger partial charge in [-0.15, -0.1) is 0 Å². The van der Waals surface area contributed by atoms with Crippen molar-refractivity contribution < 1.29 is 19.4 Å². The molecule has 3 atom stereocenters. The van der Waals surface area contributed by atoms with Gasteiger partial charge in [-0.05, 0) is 12.8 Å². The van der Waals surface area contributed by atoms with Crippen LogP contribution in [0.3, 0.4) is 0 Å². The fraction of sp³-hybridized carbons (Fsp3) is 0.714. The van der Waals surface area contributed by atoms with Gasteiger partial charge in [0, 0.05) is 0 Å². The number of hydrogen-bond acceptors (Lipinski definition) is 3. The fourth-order valence-electron chi connectivity index (χ4n) is 1.87. The largest absolute Gasteiger partial charge is 0.481 e. The predicted octanol–water partition coefficient (Wildman–Crippen LogP) is 0.0226. The zero-order valence-electron chi connectivity index (χ0n) is 5.82. The first-order valence-electron chi connectivity index (χ1n) is 3.62. The normalized spacial score (nSPS) is 40.7. The number of carbonyl (C=O) groups excluding carboxylic acids is 1. The van der Waals surface area contributed by atoms with Gasteiger partial charge in [-0.2, -0.15) is 0 Å². The molecule has 4 heteroatoms. The van der Waals surface area contributed by atoms with Crippen LogP contribution < -0.4 is 0 Å². The third-order valence-electron chi connectivity index (χ3n) is 2.42. The number of carboxylic acids is 1. The number of rotatable bonds is 1. The second-order valence-electron chi connectivity index (χ2n) is 3.08. The molecule has 1 heterocycles. The molecule has 1 N–H and O–H groups in total. The second kappa shape index (κ2) is 1.96. The standard InChI is InChI=1S/C7H8O4/c8-6(9)4-1-3-2-5(4)7(10)11-3/h3-5H,1-2H2,(H,8,9)/t3-,4-,5?/m1/s1. The number of esters is 1. The summed E-state index contributed by atoms with van der Waals surface area (Å²) in [4.78, 5) is 21.4. The van der Waals surface area contributed by atoms with Crippen molar-refractivity contribution in [2.75, 3.05) is 0 Å². The van der Waals surface area contributed by atoms with Gasteiger partial charge in [0.2, 0.25) is 0 Å². The van der Waals surface area contributed by atoms with Crippen molar-refractivity contribution in [1.29, 1.82) is 0 Å². The molecule has 1 aliphatic carbocycles. The number of carbonyl (C=O) groups is 2. The molecule has 0 radical (unpaired) electrons. The van der Waals surface area contributed by atoms with E-state index in [4.69, 9.17) is 9.84 Å². The summed E-state index contributed by atoms with van der Waals surface area (Å²) in [5.41, 5.74) is 0. The van der Waals surface area contributed by atoms with Crippen LogP contribution in [0.2, 0.25) is 0 Å². The Balaban J connectivity index is 2.18. The Morgan fingerprint density at radius 2 is 2.27 bits per heavy atom. The fourth-order valence-corrected chi connectivity index (χ4v) is 1.87. The molecule has 0 aromatic heterocycles. The molecule has 1 aliphatic heterocycles. The van der Waals surface area contributed by atoms with Crippen LogP contribution in [0.1, 0.15) is 12.8 Å². The van der Waals surface area contributed by atoms with Gasteiger partial charge in [0.1, 0.15) is 6.10 Å². The molecule has 2 aliphatic rings. The van der Waals surface area contributed by atoms with E-state index >= 15 is 0 Å². The van der Waals surface area contributed by atoms with Gasteiger partial charge >= 0.3 is 11.9 Å². The molecule has 2 bridgehead atoms. The molecule has 2 rings (SSSR count). The van der Waals surface area contributed by atoms with Crippen LogP contribution in [0.4, 0.5) is 0 Å². The van der Waals surface area contributed by atoms with Gasteiger partial charge in [0.25, 0.3) is 0 Å². The minimum absolute atomic E-state index is 0.117.